The van der Waals surface area contributed by atoms with Crippen molar-refractivity contribution in [1.82, 2.24) is 4.98 Å². The smallest absolute Gasteiger partial charge is 0.153 e. The topological polar surface area (TPSA) is 74.7 Å². The maximum atomic E-state index is 12.9. The highest BCUT2D eigenvalue weighted by Gasteiger charge is 2.06. The summed E-state index contributed by atoms with van der Waals surface area (Å²) in [5.74, 6) is -0.0613. The van der Waals surface area contributed by atoms with E-state index in [2.05, 4.69) is 10.3 Å². The Balaban J connectivity index is 2.32. The molecule has 1 heterocycles. The number of hydrogen-bond donors (Lipinski definition) is 2. The normalized spacial score (nSPS) is 9.83. The Hall–Kier alpha value is -2.32. The lowest BCUT2D eigenvalue weighted by atomic mass is 10.2. The van der Waals surface area contributed by atoms with E-state index in [4.69, 9.17) is 22.6 Å². The van der Waals surface area contributed by atoms with Crippen LogP contribution in [0.2, 0.25) is 5.02 Å². The highest BCUT2D eigenvalue weighted by atomic mass is 35.5. The van der Waals surface area contributed by atoms with E-state index in [0.717, 1.165) is 0 Å². The summed E-state index contributed by atoms with van der Waals surface area (Å²) >= 11 is 5.87. The van der Waals surface area contributed by atoms with Crippen molar-refractivity contribution in [2.45, 2.75) is 0 Å². The van der Waals surface area contributed by atoms with E-state index in [1.54, 1.807) is 0 Å². The maximum absolute atomic E-state index is 12.9. The van der Waals surface area contributed by atoms with Gasteiger partial charge in [-0.3, -0.25) is 0 Å². The molecule has 0 aliphatic carbocycles. The highest BCUT2D eigenvalue weighted by Crippen LogP contribution is 2.27. The van der Waals surface area contributed by atoms with Gasteiger partial charge in [-0.2, -0.15) is 5.26 Å². The van der Waals surface area contributed by atoms with Gasteiger partial charge in [-0.25, -0.2) is 9.37 Å². The van der Waals surface area contributed by atoms with Crippen LogP contribution < -0.4 is 11.1 Å². The van der Waals surface area contributed by atoms with Crippen molar-refractivity contribution >= 4 is 28.8 Å². The molecule has 4 nitrogen and oxygen atoms in total. The van der Waals surface area contributed by atoms with Gasteiger partial charge in [-0.1, -0.05) is 11.6 Å². The zero-order valence-electron chi connectivity index (χ0n) is 9.11. The average Bonchev–Trinajstić information content (AvgIpc) is 2.34. The minimum Gasteiger partial charge on any atom is -0.396 e. The van der Waals surface area contributed by atoms with Crippen LogP contribution in [0.1, 0.15) is 5.56 Å². The zero-order chi connectivity index (χ0) is 13.1. The second-order valence-electron chi connectivity index (χ2n) is 3.52. The third kappa shape index (κ3) is 2.50. The van der Waals surface area contributed by atoms with E-state index in [1.807, 2.05) is 6.07 Å². The molecule has 1 aromatic carbocycles. The fraction of sp³-hybridized carbons (Fsp3) is 0. The molecule has 6 heteroatoms. The standard InChI is InChI=1S/C12H8ClFN4/c13-9-4-8(14)1-2-11(9)18-12-10(16)3-7(5-15)6-17-12/h1-4,6H,16H2,(H,17,18). The van der Waals surface area contributed by atoms with Crippen molar-refractivity contribution in [3.8, 4) is 6.07 Å². The van der Waals surface area contributed by atoms with Crippen LogP contribution in [-0.2, 0) is 0 Å². The summed E-state index contributed by atoms with van der Waals surface area (Å²) in [6.07, 6.45) is 1.39. The molecular weight excluding hydrogens is 255 g/mol. The van der Waals surface area contributed by atoms with Crippen LogP contribution in [0.4, 0.5) is 21.6 Å². The van der Waals surface area contributed by atoms with Gasteiger partial charge in [-0.15, -0.1) is 0 Å². The van der Waals surface area contributed by atoms with Gasteiger partial charge >= 0.3 is 0 Å². The number of nitrogen functional groups attached to an aromatic ring is 1. The van der Waals surface area contributed by atoms with Gasteiger partial charge in [-0.05, 0) is 24.3 Å². The molecule has 2 aromatic rings. The van der Waals surface area contributed by atoms with Crippen LogP contribution in [0.15, 0.2) is 30.5 Å². The highest BCUT2D eigenvalue weighted by molar-refractivity contribution is 6.33. The van der Waals surface area contributed by atoms with Crippen LogP contribution in [0, 0.1) is 17.1 Å². The van der Waals surface area contributed by atoms with Crippen molar-refractivity contribution in [1.29, 1.82) is 5.26 Å². The minimum atomic E-state index is -0.425. The maximum Gasteiger partial charge on any atom is 0.153 e. The molecule has 2 rings (SSSR count). The largest absolute Gasteiger partial charge is 0.396 e. The lowest BCUT2D eigenvalue weighted by Crippen LogP contribution is -2.00. The Morgan fingerprint density at radius 2 is 2.17 bits per heavy atom. The number of rotatable bonds is 2. The van der Waals surface area contributed by atoms with Gasteiger partial charge in [0.25, 0.3) is 0 Å². The van der Waals surface area contributed by atoms with Gasteiger partial charge in [0.05, 0.1) is 22.0 Å². The summed E-state index contributed by atoms with van der Waals surface area (Å²) in [6, 6.07) is 7.36. The first-order chi connectivity index (χ1) is 8.60. The molecule has 0 saturated heterocycles. The van der Waals surface area contributed by atoms with Crippen LogP contribution in [0.3, 0.4) is 0 Å². The molecule has 0 bridgehead atoms. The van der Waals surface area contributed by atoms with Crippen molar-refractivity contribution in [3.05, 3.63) is 46.9 Å². The Morgan fingerprint density at radius 1 is 1.39 bits per heavy atom. The van der Waals surface area contributed by atoms with E-state index >= 15 is 0 Å². The van der Waals surface area contributed by atoms with Crippen LogP contribution in [0.5, 0.6) is 0 Å². The minimum absolute atomic E-state index is 0.223. The number of benzene rings is 1. The van der Waals surface area contributed by atoms with Crippen LogP contribution in [-0.4, -0.2) is 4.98 Å². The number of aromatic nitrogens is 1. The number of nitriles is 1. The van der Waals surface area contributed by atoms with Crippen molar-refractivity contribution in [2.24, 2.45) is 0 Å². The molecule has 1 aromatic heterocycles. The van der Waals surface area contributed by atoms with E-state index in [9.17, 15) is 4.39 Å². The lowest BCUT2D eigenvalue weighted by Gasteiger charge is -2.09. The van der Waals surface area contributed by atoms with Gasteiger partial charge < -0.3 is 11.1 Å². The molecule has 0 atom stereocenters. The quantitative estimate of drug-likeness (QED) is 0.872. The van der Waals surface area contributed by atoms with Gasteiger partial charge in [0.2, 0.25) is 0 Å². The molecule has 0 fully saturated rings. The molecule has 18 heavy (non-hydrogen) atoms. The monoisotopic (exact) mass is 262 g/mol. The average molecular weight is 263 g/mol. The molecule has 0 aliphatic heterocycles. The van der Waals surface area contributed by atoms with Crippen molar-refractivity contribution in [2.75, 3.05) is 11.1 Å². The SMILES string of the molecule is N#Cc1cnc(Nc2ccc(F)cc2Cl)c(N)c1. The number of nitrogens with zero attached hydrogens (tertiary/aromatic N) is 2. The van der Waals surface area contributed by atoms with E-state index in [-0.39, 0.29) is 5.02 Å². The van der Waals surface area contributed by atoms with Crippen molar-refractivity contribution in [3.63, 3.8) is 0 Å². The number of halogens is 2. The summed E-state index contributed by atoms with van der Waals surface area (Å²) in [4.78, 5) is 4.00. The predicted octanol–water partition coefficient (Wildman–Crippen LogP) is 3.07. The predicted molar refractivity (Wildman–Crippen MR) is 68.1 cm³/mol. The Bertz CT molecular complexity index is 636. The van der Waals surface area contributed by atoms with Gasteiger partial charge in [0.15, 0.2) is 5.82 Å². The van der Waals surface area contributed by atoms with E-state index < -0.39 is 5.82 Å². The van der Waals surface area contributed by atoms with E-state index in [1.165, 1.54) is 30.5 Å². The molecule has 0 spiro atoms. The summed E-state index contributed by atoms with van der Waals surface area (Å²) in [5.41, 5.74) is 6.90. The van der Waals surface area contributed by atoms with Gasteiger partial charge in [0.1, 0.15) is 11.9 Å². The fourth-order valence-corrected chi connectivity index (χ4v) is 1.58. The zero-order valence-corrected chi connectivity index (χ0v) is 9.87. The Morgan fingerprint density at radius 3 is 2.78 bits per heavy atom. The first-order valence-electron chi connectivity index (χ1n) is 4.98. The molecule has 3 N–H and O–H groups in total. The third-order valence-corrected chi connectivity index (χ3v) is 2.54. The second-order valence-corrected chi connectivity index (χ2v) is 3.93. The number of pyridine rings is 1. The molecule has 0 unspecified atom stereocenters. The van der Waals surface area contributed by atoms with Gasteiger partial charge in [0, 0.05) is 6.20 Å². The first kappa shape index (κ1) is 12.1. The number of anilines is 3. The molecular formula is C12H8ClFN4. The Kier molecular flexibility index (Phi) is 3.31. The summed E-state index contributed by atoms with van der Waals surface area (Å²) < 4.78 is 12.9. The second kappa shape index (κ2) is 4.90. The molecule has 0 saturated carbocycles. The van der Waals surface area contributed by atoms with Crippen LogP contribution >= 0.6 is 11.6 Å². The number of nitrogens with two attached hydrogens (primary N) is 1. The number of nitrogens with one attached hydrogen (secondary N) is 1. The van der Waals surface area contributed by atoms with Crippen LogP contribution in [0.25, 0.3) is 0 Å². The first-order valence-corrected chi connectivity index (χ1v) is 5.35. The third-order valence-electron chi connectivity index (χ3n) is 2.23. The molecule has 90 valence electrons. The van der Waals surface area contributed by atoms with Crippen molar-refractivity contribution < 1.29 is 4.39 Å². The molecule has 0 aliphatic rings. The lowest BCUT2D eigenvalue weighted by molar-refractivity contribution is 0.628. The molecule has 0 radical (unpaired) electrons. The summed E-state index contributed by atoms with van der Waals surface area (Å²) in [5, 5.41) is 11.8. The Labute approximate surface area is 108 Å². The van der Waals surface area contributed by atoms with E-state index in [0.29, 0.717) is 22.8 Å². The fourth-order valence-electron chi connectivity index (χ4n) is 1.37. The number of hydrogen-bond acceptors (Lipinski definition) is 4. The summed E-state index contributed by atoms with van der Waals surface area (Å²) in [6.45, 7) is 0. The molecule has 0 amide bonds. The summed E-state index contributed by atoms with van der Waals surface area (Å²) in [7, 11) is 0.